The molecule has 0 amide bonds. The maximum absolute atomic E-state index is 9.37. The van der Waals surface area contributed by atoms with Gasteiger partial charge in [-0.3, -0.25) is 4.90 Å². The molecule has 0 bridgehead atoms. The number of hydrogen-bond acceptors (Lipinski definition) is 2. The smallest absolute Gasteiger partial charge is 0.108 e. The van der Waals surface area contributed by atoms with Crippen LogP contribution in [-0.4, -0.2) is 23.5 Å². The summed E-state index contributed by atoms with van der Waals surface area (Å²) in [6, 6.07) is 2.57. The summed E-state index contributed by atoms with van der Waals surface area (Å²) in [5.41, 5.74) is -0.146. The van der Waals surface area contributed by atoms with E-state index in [2.05, 4.69) is 24.8 Å². The zero-order valence-corrected chi connectivity index (χ0v) is 9.55. The van der Waals surface area contributed by atoms with Gasteiger partial charge in [0.15, 0.2) is 0 Å². The predicted octanol–water partition coefficient (Wildman–Crippen LogP) is 2.94. The van der Waals surface area contributed by atoms with Crippen LogP contribution in [-0.2, 0) is 0 Å². The molecule has 2 heteroatoms. The average Bonchev–Trinajstić information content (AvgIpc) is 2.74. The Kier molecular flexibility index (Phi) is 4.41. The van der Waals surface area contributed by atoms with Gasteiger partial charge in [0.2, 0.25) is 0 Å². The molecule has 1 aliphatic rings. The Morgan fingerprint density at radius 2 is 1.93 bits per heavy atom. The summed E-state index contributed by atoms with van der Waals surface area (Å²) in [7, 11) is 0. The van der Waals surface area contributed by atoms with Crippen molar-refractivity contribution in [1.29, 1.82) is 5.26 Å². The molecule has 0 spiro atoms. The average molecular weight is 194 g/mol. The van der Waals surface area contributed by atoms with Crippen molar-refractivity contribution >= 4 is 0 Å². The Balaban J connectivity index is 2.64. The number of hydrogen-bond donors (Lipinski definition) is 0. The molecule has 1 saturated heterocycles. The van der Waals surface area contributed by atoms with Gasteiger partial charge in [0.05, 0.1) is 6.07 Å². The second-order valence-electron chi connectivity index (χ2n) is 4.29. The van der Waals surface area contributed by atoms with Gasteiger partial charge in [-0.1, -0.05) is 26.7 Å². The highest BCUT2D eigenvalue weighted by Gasteiger charge is 2.35. The van der Waals surface area contributed by atoms with Crippen LogP contribution in [0, 0.1) is 11.3 Å². The zero-order valence-electron chi connectivity index (χ0n) is 9.55. The SMILES string of the molecule is CCCCC(C#N)(CC)N1CCCC1. The Labute approximate surface area is 87.9 Å². The number of likely N-dealkylation sites (tertiary alicyclic amines) is 1. The second kappa shape index (κ2) is 5.36. The normalized spacial score (nSPS) is 21.8. The lowest BCUT2D eigenvalue weighted by Crippen LogP contribution is -2.45. The summed E-state index contributed by atoms with van der Waals surface area (Å²) in [6.07, 6.45) is 6.94. The van der Waals surface area contributed by atoms with Gasteiger partial charge >= 0.3 is 0 Å². The molecule has 2 nitrogen and oxygen atoms in total. The Bertz CT molecular complexity index is 201. The molecule has 0 aromatic rings. The van der Waals surface area contributed by atoms with E-state index >= 15 is 0 Å². The van der Waals surface area contributed by atoms with Crippen LogP contribution in [0.3, 0.4) is 0 Å². The first kappa shape index (κ1) is 11.5. The molecule has 0 aromatic carbocycles. The van der Waals surface area contributed by atoms with Crippen LogP contribution in [0.2, 0.25) is 0 Å². The van der Waals surface area contributed by atoms with Gasteiger partial charge in [0.25, 0.3) is 0 Å². The minimum absolute atomic E-state index is 0.146. The molecule has 0 aliphatic carbocycles. The minimum Gasteiger partial charge on any atom is -0.286 e. The molecule has 1 fully saturated rings. The summed E-state index contributed by atoms with van der Waals surface area (Å²) in [5.74, 6) is 0. The molecule has 0 radical (unpaired) electrons. The Hall–Kier alpha value is -0.550. The molecule has 1 rings (SSSR count). The number of unbranched alkanes of at least 4 members (excludes halogenated alkanes) is 1. The first-order chi connectivity index (χ1) is 6.79. The number of nitriles is 1. The van der Waals surface area contributed by atoms with Gasteiger partial charge < -0.3 is 0 Å². The molecule has 0 N–H and O–H groups in total. The number of rotatable bonds is 5. The minimum atomic E-state index is -0.146. The van der Waals surface area contributed by atoms with Crippen molar-refractivity contribution < 1.29 is 0 Å². The molecular formula is C12H22N2. The van der Waals surface area contributed by atoms with Crippen LogP contribution in [0.4, 0.5) is 0 Å². The fourth-order valence-corrected chi connectivity index (χ4v) is 2.38. The van der Waals surface area contributed by atoms with E-state index in [9.17, 15) is 5.26 Å². The maximum Gasteiger partial charge on any atom is 0.108 e. The van der Waals surface area contributed by atoms with E-state index in [-0.39, 0.29) is 5.54 Å². The molecule has 1 aliphatic heterocycles. The van der Waals surface area contributed by atoms with Crippen molar-refractivity contribution in [2.45, 2.75) is 57.9 Å². The molecule has 0 aromatic heterocycles. The van der Waals surface area contributed by atoms with Crippen molar-refractivity contribution in [2.24, 2.45) is 0 Å². The van der Waals surface area contributed by atoms with E-state index in [0.29, 0.717) is 0 Å². The maximum atomic E-state index is 9.37. The molecule has 0 saturated carbocycles. The highest BCUT2D eigenvalue weighted by Crippen LogP contribution is 2.29. The topological polar surface area (TPSA) is 27.0 Å². The fraction of sp³-hybridized carbons (Fsp3) is 0.917. The van der Waals surface area contributed by atoms with Gasteiger partial charge in [-0.15, -0.1) is 0 Å². The molecule has 1 atom stereocenters. The van der Waals surface area contributed by atoms with E-state index in [1.807, 2.05) is 0 Å². The quantitative estimate of drug-likeness (QED) is 0.673. The monoisotopic (exact) mass is 194 g/mol. The van der Waals surface area contributed by atoms with Gasteiger partial charge in [-0.2, -0.15) is 5.26 Å². The number of nitrogens with zero attached hydrogens (tertiary/aromatic N) is 2. The molecular weight excluding hydrogens is 172 g/mol. The van der Waals surface area contributed by atoms with Gasteiger partial charge in [-0.05, 0) is 38.8 Å². The predicted molar refractivity (Wildman–Crippen MR) is 59.0 cm³/mol. The first-order valence-corrected chi connectivity index (χ1v) is 5.95. The van der Waals surface area contributed by atoms with Crippen molar-refractivity contribution in [1.82, 2.24) is 4.90 Å². The highest BCUT2D eigenvalue weighted by molar-refractivity contribution is 5.08. The molecule has 1 unspecified atom stereocenters. The summed E-state index contributed by atoms with van der Waals surface area (Å²) in [6.45, 7) is 6.61. The van der Waals surface area contributed by atoms with Crippen molar-refractivity contribution in [3.8, 4) is 6.07 Å². The van der Waals surface area contributed by atoms with Crippen molar-refractivity contribution in [3.05, 3.63) is 0 Å². The van der Waals surface area contributed by atoms with Gasteiger partial charge in [0.1, 0.15) is 5.54 Å². The summed E-state index contributed by atoms with van der Waals surface area (Å²) in [5, 5.41) is 9.37. The lowest BCUT2D eigenvalue weighted by atomic mass is 9.89. The molecule has 14 heavy (non-hydrogen) atoms. The van der Waals surface area contributed by atoms with Crippen molar-refractivity contribution in [3.63, 3.8) is 0 Å². The fourth-order valence-electron chi connectivity index (χ4n) is 2.38. The Morgan fingerprint density at radius 1 is 1.29 bits per heavy atom. The highest BCUT2D eigenvalue weighted by atomic mass is 15.2. The summed E-state index contributed by atoms with van der Waals surface area (Å²) >= 11 is 0. The lowest BCUT2D eigenvalue weighted by molar-refractivity contribution is 0.153. The molecule has 80 valence electrons. The van der Waals surface area contributed by atoms with E-state index in [0.717, 1.165) is 25.9 Å². The third-order valence-corrected chi connectivity index (χ3v) is 3.45. The lowest BCUT2D eigenvalue weighted by Gasteiger charge is -2.35. The van der Waals surface area contributed by atoms with Crippen LogP contribution in [0.1, 0.15) is 52.4 Å². The van der Waals surface area contributed by atoms with E-state index in [1.54, 1.807) is 0 Å². The summed E-state index contributed by atoms with van der Waals surface area (Å²) < 4.78 is 0. The van der Waals surface area contributed by atoms with E-state index in [4.69, 9.17) is 0 Å². The third kappa shape index (κ3) is 2.27. The van der Waals surface area contributed by atoms with Crippen molar-refractivity contribution in [2.75, 3.05) is 13.1 Å². The van der Waals surface area contributed by atoms with Crippen LogP contribution in [0.15, 0.2) is 0 Å². The zero-order chi connectivity index (χ0) is 10.4. The Morgan fingerprint density at radius 3 is 2.36 bits per heavy atom. The van der Waals surface area contributed by atoms with Crippen LogP contribution < -0.4 is 0 Å². The van der Waals surface area contributed by atoms with Gasteiger partial charge in [0, 0.05) is 0 Å². The van der Waals surface area contributed by atoms with E-state index < -0.39 is 0 Å². The standard InChI is InChI=1S/C12H22N2/c1-3-5-8-12(4-2,11-13)14-9-6-7-10-14/h3-10H2,1-2H3. The molecule has 1 heterocycles. The first-order valence-electron chi connectivity index (χ1n) is 5.95. The van der Waals surface area contributed by atoms with Crippen LogP contribution >= 0.6 is 0 Å². The van der Waals surface area contributed by atoms with E-state index in [1.165, 1.54) is 25.7 Å². The summed E-state index contributed by atoms with van der Waals surface area (Å²) in [4.78, 5) is 2.41. The largest absolute Gasteiger partial charge is 0.286 e. The van der Waals surface area contributed by atoms with Crippen LogP contribution in [0.25, 0.3) is 0 Å². The third-order valence-electron chi connectivity index (χ3n) is 3.45. The second-order valence-corrected chi connectivity index (χ2v) is 4.29. The van der Waals surface area contributed by atoms with Gasteiger partial charge in [-0.25, -0.2) is 0 Å². The van der Waals surface area contributed by atoms with Crippen LogP contribution in [0.5, 0.6) is 0 Å².